The molecule has 0 unspecified atom stereocenters. The zero-order chi connectivity index (χ0) is 19.8. The van der Waals surface area contributed by atoms with Gasteiger partial charge in [0.1, 0.15) is 17.5 Å². The van der Waals surface area contributed by atoms with Crippen molar-refractivity contribution >= 4 is 28.7 Å². The molecule has 0 radical (unpaired) electrons. The predicted molar refractivity (Wildman–Crippen MR) is 102 cm³/mol. The van der Waals surface area contributed by atoms with Gasteiger partial charge in [0.2, 0.25) is 0 Å². The van der Waals surface area contributed by atoms with Gasteiger partial charge in [-0.3, -0.25) is 0 Å². The number of carbonyl (C=O) groups is 1. The van der Waals surface area contributed by atoms with Crippen molar-refractivity contribution in [1.82, 2.24) is 0 Å². The number of carbonyl (C=O) groups excluding carboxylic acids is 1. The van der Waals surface area contributed by atoms with Gasteiger partial charge in [0.15, 0.2) is 0 Å². The molecule has 142 valence electrons. The smallest absolute Gasteiger partial charge is 0.149 e. The van der Waals surface area contributed by atoms with Crippen LogP contribution in [-0.2, 0) is 10.2 Å². The van der Waals surface area contributed by atoms with E-state index in [9.17, 15) is 14.3 Å². The van der Waals surface area contributed by atoms with E-state index in [0.29, 0.717) is 22.9 Å². The maximum absolute atomic E-state index is 14.1. The fraction of sp³-hybridized carbons (Fsp3) is 0.476. The molecule has 0 saturated carbocycles. The van der Waals surface area contributed by atoms with Crippen molar-refractivity contribution in [2.45, 2.75) is 53.4 Å². The number of hydrogen-bond acceptors (Lipinski definition) is 3. The molecule has 0 N–H and O–H groups in total. The van der Waals surface area contributed by atoms with Gasteiger partial charge in [-0.2, -0.15) is 0 Å². The lowest BCUT2D eigenvalue weighted by molar-refractivity contribution is -0.301. The Morgan fingerprint density at radius 1 is 1.42 bits per heavy atom. The van der Waals surface area contributed by atoms with Gasteiger partial charge in [0, 0.05) is 5.56 Å². The van der Waals surface area contributed by atoms with E-state index >= 15 is 0 Å². The van der Waals surface area contributed by atoms with Crippen molar-refractivity contribution in [1.29, 1.82) is 0 Å². The predicted octanol–water partition coefficient (Wildman–Crippen LogP) is 4.91. The Kier molecular flexibility index (Phi) is 5.86. The average molecular weight is 380 g/mol. The number of carboxylic acids is 1. The van der Waals surface area contributed by atoms with E-state index in [1.54, 1.807) is 13.0 Å². The van der Waals surface area contributed by atoms with E-state index in [4.69, 9.17) is 16.3 Å². The summed E-state index contributed by atoms with van der Waals surface area (Å²) in [6.45, 7) is 11.9. The highest BCUT2D eigenvalue weighted by Crippen LogP contribution is 2.50. The quantitative estimate of drug-likeness (QED) is 0.683. The molecule has 1 aromatic rings. The maximum atomic E-state index is 14.1. The number of halogens is 2. The first-order chi connectivity index (χ1) is 12.0. The molecule has 1 aliphatic carbocycles. The average Bonchev–Trinajstić information content (AvgIpc) is 2.54. The van der Waals surface area contributed by atoms with Gasteiger partial charge in [-0.25, -0.2) is 4.39 Å². The van der Waals surface area contributed by atoms with Gasteiger partial charge >= 0.3 is 0 Å². The van der Waals surface area contributed by atoms with Crippen molar-refractivity contribution in [2.24, 2.45) is 5.92 Å². The molecule has 0 saturated heterocycles. The Morgan fingerprint density at radius 2 is 2.04 bits per heavy atom. The Balaban J connectivity index is 2.91. The number of carboxylic acid groups (broad SMARTS) is 1. The number of allylic oxidation sites excluding steroid dienone is 3. The lowest BCUT2D eigenvalue weighted by atomic mass is 9.70. The van der Waals surface area contributed by atoms with E-state index in [1.165, 1.54) is 6.92 Å². The first kappa shape index (κ1) is 20.5. The minimum Gasteiger partial charge on any atom is -0.542 e. The van der Waals surface area contributed by atoms with E-state index in [0.717, 1.165) is 23.1 Å². The molecule has 0 atom stereocenters. The van der Waals surface area contributed by atoms with Crippen LogP contribution in [0.1, 0.15) is 64.7 Å². The summed E-state index contributed by atoms with van der Waals surface area (Å²) in [6.07, 6.45) is 3.02. The minimum atomic E-state index is -1.85. The molecule has 0 aliphatic heterocycles. The molecule has 0 aromatic heterocycles. The van der Waals surface area contributed by atoms with E-state index in [2.05, 4.69) is 33.8 Å². The largest absolute Gasteiger partial charge is 0.542 e. The van der Waals surface area contributed by atoms with Gasteiger partial charge < -0.3 is 14.6 Å². The third-order valence-corrected chi connectivity index (χ3v) is 5.23. The number of benzene rings is 1. The molecule has 0 fully saturated rings. The second-order valence-electron chi connectivity index (χ2n) is 7.55. The standard InChI is InChI=1S/C21H26ClFO3/c1-7-26-19-14(12(4)18(23)20(24)25)10-15-13(11(2)3)8-9-21(5,6)16(15)17(19)22/h8,10-11H,7,9H2,1-6H3,(H,24,25)/p-1/b18-12+. The van der Waals surface area contributed by atoms with Gasteiger partial charge in [-0.05, 0) is 59.9 Å². The molecule has 1 aliphatic rings. The molecule has 0 heterocycles. The number of hydrogen-bond donors (Lipinski definition) is 0. The number of fused-ring (bicyclic) bond motifs is 1. The summed E-state index contributed by atoms with van der Waals surface area (Å²) in [6, 6.07) is 1.80. The number of rotatable bonds is 5. The highest BCUT2D eigenvalue weighted by molar-refractivity contribution is 6.33. The summed E-state index contributed by atoms with van der Waals surface area (Å²) in [7, 11) is 0. The Labute approximate surface area is 159 Å². The van der Waals surface area contributed by atoms with Crippen LogP contribution < -0.4 is 9.84 Å². The topological polar surface area (TPSA) is 49.4 Å². The van der Waals surface area contributed by atoms with Gasteiger partial charge in [-0.1, -0.05) is 45.4 Å². The summed E-state index contributed by atoms with van der Waals surface area (Å²) in [5, 5.41) is 11.4. The monoisotopic (exact) mass is 379 g/mol. The summed E-state index contributed by atoms with van der Waals surface area (Å²) in [4.78, 5) is 11.0. The first-order valence-corrected chi connectivity index (χ1v) is 9.19. The molecule has 5 heteroatoms. The van der Waals surface area contributed by atoms with Crippen molar-refractivity contribution in [2.75, 3.05) is 6.61 Å². The molecule has 0 amide bonds. The Hall–Kier alpha value is -1.81. The van der Waals surface area contributed by atoms with Crippen LogP contribution in [0.3, 0.4) is 0 Å². The van der Waals surface area contributed by atoms with Crippen LogP contribution in [0.4, 0.5) is 4.39 Å². The third-order valence-electron chi connectivity index (χ3n) is 4.86. The summed E-state index contributed by atoms with van der Waals surface area (Å²) < 4.78 is 19.8. The second kappa shape index (κ2) is 7.43. The fourth-order valence-electron chi connectivity index (χ4n) is 3.48. The van der Waals surface area contributed by atoms with E-state index in [1.807, 2.05) is 0 Å². The van der Waals surface area contributed by atoms with Crippen molar-refractivity contribution in [3.63, 3.8) is 0 Å². The van der Waals surface area contributed by atoms with Crippen molar-refractivity contribution in [3.05, 3.63) is 39.7 Å². The Bertz CT molecular complexity index is 804. The summed E-state index contributed by atoms with van der Waals surface area (Å²) in [5.74, 6) is -2.59. The lowest BCUT2D eigenvalue weighted by Gasteiger charge is -2.35. The molecule has 3 nitrogen and oxygen atoms in total. The van der Waals surface area contributed by atoms with Crippen LogP contribution >= 0.6 is 11.6 Å². The maximum Gasteiger partial charge on any atom is 0.149 e. The highest BCUT2D eigenvalue weighted by atomic mass is 35.5. The summed E-state index contributed by atoms with van der Waals surface area (Å²) in [5.41, 5.74) is 3.09. The molecular formula is C21H25ClFO3-. The van der Waals surface area contributed by atoms with Gasteiger partial charge in [0.05, 0.1) is 11.6 Å². The Morgan fingerprint density at radius 3 is 2.54 bits per heavy atom. The number of ether oxygens (including phenoxy) is 1. The van der Waals surface area contributed by atoms with Crippen LogP contribution in [0.5, 0.6) is 5.75 Å². The molecule has 2 rings (SSSR count). The minimum absolute atomic E-state index is 0.0513. The van der Waals surface area contributed by atoms with Crippen LogP contribution in [0.2, 0.25) is 5.02 Å². The van der Waals surface area contributed by atoms with Gasteiger partial charge in [0.25, 0.3) is 0 Å². The SMILES string of the molecule is CCOc1c(/C(C)=C(/F)C(=O)[O-])cc2c(c1Cl)C(C)(C)CC=C2C(C)C. The van der Waals surface area contributed by atoms with Gasteiger partial charge in [-0.15, -0.1) is 0 Å². The van der Waals surface area contributed by atoms with Crippen LogP contribution in [-0.4, -0.2) is 12.6 Å². The first-order valence-electron chi connectivity index (χ1n) is 8.81. The van der Waals surface area contributed by atoms with E-state index < -0.39 is 11.8 Å². The lowest BCUT2D eigenvalue weighted by Crippen LogP contribution is -2.25. The molecule has 0 spiro atoms. The second-order valence-corrected chi connectivity index (χ2v) is 7.93. The highest BCUT2D eigenvalue weighted by Gasteiger charge is 2.34. The van der Waals surface area contributed by atoms with E-state index in [-0.39, 0.29) is 16.9 Å². The molecule has 26 heavy (non-hydrogen) atoms. The van der Waals surface area contributed by atoms with Crippen molar-refractivity contribution < 1.29 is 19.0 Å². The zero-order valence-corrected chi connectivity index (χ0v) is 16.9. The fourth-order valence-corrected chi connectivity index (χ4v) is 3.99. The molecular weight excluding hydrogens is 355 g/mol. The third kappa shape index (κ3) is 3.52. The summed E-state index contributed by atoms with van der Waals surface area (Å²) >= 11 is 6.73. The van der Waals surface area contributed by atoms with Crippen LogP contribution in [0.15, 0.2) is 18.0 Å². The van der Waals surface area contributed by atoms with Crippen LogP contribution in [0.25, 0.3) is 11.1 Å². The zero-order valence-electron chi connectivity index (χ0n) is 16.1. The van der Waals surface area contributed by atoms with Crippen molar-refractivity contribution in [3.8, 4) is 5.75 Å². The molecule has 1 aromatic carbocycles. The number of aliphatic carboxylic acids is 1. The van der Waals surface area contributed by atoms with Crippen LogP contribution in [0, 0.1) is 5.92 Å². The normalized spacial score (nSPS) is 16.7. The molecule has 0 bridgehead atoms.